The third kappa shape index (κ3) is 3.80. The Kier molecular flexibility index (Phi) is 5.35. The highest BCUT2D eigenvalue weighted by Crippen LogP contribution is 2.29. The summed E-state index contributed by atoms with van der Waals surface area (Å²) in [5.74, 6) is -3.84. The minimum absolute atomic E-state index is 0.0598. The molecule has 24 heavy (non-hydrogen) atoms. The molecule has 1 N–H and O–H groups in total. The van der Waals surface area contributed by atoms with E-state index in [-0.39, 0.29) is 16.2 Å². The molecule has 5 nitrogen and oxygen atoms in total. The number of benzene rings is 2. The Labute approximate surface area is 137 Å². The summed E-state index contributed by atoms with van der Waals surface area (Å²) in [6, 6.07) is 5.37. The minimum atomic E-state index is -3.98. The predicted molar refractivity (Wildman–Crippen MR) is 79.9 cm³/mol. The molecule has 0 aliphatic heterocycles. The van der Waals surface area contributed by atoms with Gasteiger partial charge in [-0.05, 0) is 29.8 Å². The number of rotatable bonds is 6. The molecule has 0 atom stereocenters. The summed E-state index contributed by atoms with van der Waals surface area (Å²) in [6.45, 7) is -0.412. The molecule has 2 aromatic rings. The molecule has 0 aromatic heterocycles. The second kappa shape index (κ2) is 7.10. The first-order chi connectivity index (χ1) is 11.3. The molecular weight excluding hydrogens is 347 g/mol. The van der Waals surface area contributed by atoms with Crippen molar-refractivity contribution in [3.8, 4) is 11.5 Å². The van der Waals surface area contributed by atoms with E-state index < -0.39 is 34.0 Å². The van der Waals surface area contributed by atoms with Crippen LogP contribution in [-0.4, -0.2) is 22.6 Å². The number of nitrogens with one attached hydrogen (secondary N) is 1. The fourth-order valence-corrected chi connectivity index (χ4v) is 2.99. The molecule has 0 radical (unpaired) electrons. The van der Waals surface area contributed by atoms with Gasteiger partial charge in [-0.15, -0.1) is 0 Å². The topological polar surface area (TPSA) is 64.6 Å². The molecule has 130 valence electrons. The van der Waals surface area contributed by atoms with Crippen LogP contribution in [0.5, 0.6) is 11.5 Å². The van der Waals surface area contributed by atoms with Gasteiger partial charge in [0, 0.05) is 12.6 Å². The van der Waals surface area contributed by atoms with E-state index in [0.717, 1.165) is 12.1 Å². The van der Waals surface area contributed by atoms with E-state index in [1.165, 1.54) is 32.4 Å². The van der Waals surface area contributed by atoms with E-state index in [0.29, 0.717) is 5.75 Å². The lowest BCUT2D eigenvalue weighted by molar-refractivity contribution is 0.354. The third-order valence-electron chi connectivity index (χ3n) is 3.18. The van der Waals surface area contributed by atoms with Crippen molar-refractivity contribution in [1.82, 2.24) is 4.72 Å². The number of sulfonamides is 1. The summed E-state index contributed by atoms with van der Waals surface area (Å²) in [4.78, 5) is -0.122. The number of methoxy groups -OCH3 is 2. The molecule has 2 rings (SSSR count). The van der Waals surface area contributed by atoms with Gasteiger partial charge < -0.3 is 9.47 Å². The van der Waals surface area contributed by atoms with Gasteiger partial charge in [0.25, 0.3) is 0 Å². The molecule has 0 spiro atoms. The smallest absolute Gasteiger partial charge is 0.241 e. The Hall–Kier alpha value is -2.26. The minimum Gasteiger partial charge on any atom is -0.493 e. The van der Waals surface area contributed by atoms with E-state index in [2.05, 4.69) is 4.72 Å². The lowest BCUT2D eigenvalue weighted by atomic mass is 10.2. The zero-order chi connectivity index (χ0) is 17.9. The Morgan fingerprint density at radius 1 is 0.958 bits per heavy atom. The molecule has 2 aromatic carbocycles. The highest BCUT2D eigenvalue weighted by molar-refractivity contribution is 7.89. The Bertz CT molecular complexity index is 833. The van der Waals surface area contributed by atoms with Crippen molar-refractivity contribution in [3.63, 3.8) is 0 Å². The highest BCUT2D eigenvalue weighted by Gasteiger charge is 2.18. The lowest BCUT2D eigenvalue weighted by Crippen LogP contribution is -2.23. The quantitative estimate of drug-likeness (QED) is 0.804. The molecule has 0 amide bonds. The van der Waals surface area contributed by atoms with Gasteiger partial charge in [0.15, 0.2) is 29.0 Å². The largest absolute Gasteiger partial charge is 0.493 e. The highest BCUT2D eigenvalue weighted by atomic mass is 32.2. The number of ether oxygens (including phenoxy) is 2. The molecular formula is C15H14F3NO4S. The zero-order valence-electron chi connectivity index (χ0n) is 12.8. The second-order valence-corrected chi connectivity index (χ2v) is 6.48. The average Bonchev–Trinajstić information content (AvgIpc) is 2.57. The summed E-state index contributed by atoms with van der Waals surface area (Å²) in [5, 5.41) is 0. The molecule has 0 aliphatic rings. The molecule has 0 saturated heterocycles. The Morgan fingerprint density at radius 2 is 1.54 bits per heavy atom. The van der Waals surface area contributed by atoms with Gasteiger partial charge in [0.2, 0.25) is 10.0 Å². The second-order valence-electron chi connectivity index (χ2n) is 4.71. The van der Waals surface area contributed by atoms with Crippen LogP contribution in [0.25, 0.3) is 0 Å². The first-order valence-corrected chi connectivity index (χ1v) is 8.12. The SMILES string of the molecule is COc1ccc(S(=O)(=O)NCc2cc(F)c(F)c(F)c2)cc1OC. The monoisotopic (exact) mass is 361 g/mol. The van der Waals surface area contributed by atoms with Crippen LogP contribution in [0.2, 0.25) is 0 Å². The molecule has 0 heterocycles. The van der Waals surface area contributed by atoms with Crippen LogP contribution < -0.4 is 14.2 Å². The molecule has 0 bridgehead atoms. The number of hydrogen-bond acceptors (Lipinski definition) is 4. The van der Waals surface area contributed by atoms with Crippen molar-refractivity contribution in [2.75, 3.05) is 14.2 Å². The molecule has 9 heteroatoms. The first-order valence-electron chi connectivity index (χ1n) is 6.63. The van der Waals surface area contributed by atoms with Crippen molar-refractivity contribution < 1.29 is 31.1 Å². The van der Waals surface area contributed by atoms with Crippen LogP contribution >= 0.6 is 0 Å². The summed E-state index contributed by atoms with van der Waals surface area (Å²) < 4.78 is 75.9. The summed E-state index contributed by atoms with van der Waals surface area (Å²) in [7, 11) is -1.22. The van der Waals surface area contributed by atoms with Crippen molar-refractivity contribution in [3.05, 3.63) is 53.3 Å². The van der Waals surface area contributed by atoms with Crippen LogP contribution in [0.3, 0.4) is 0 Å². The van der Waals surface area contributed by atoms with Crippen LogP contribution in [0.4, 0.5) is 13.2 Å². The molecule has 0 aliphatic carbocycles. The Balaban J connectivity index is 2.23. The average molecular weight is 361 g/mol. The van der Waals surface area contributed by atoms with Gasteiger partial charge in [-0.1, -0.05) is 0 Å². The number of halogens is 3. The fraction of sp³-hybridized carbons (Fsp3) is 0.200. The zero-order valence-corrected chi connectivity index (χ0v) is 13.6. The maximum atomic E-state index is 13.1. The van der Waals surface area contributed by atoms with Crippen LogP contribution in [0.1, 0.15) is 5.56 Å². The molecule has 0 fully saturated rings. The third-order valence-corrected chi connectivity index (χ3v) is 4.57. The predicted octanol–water partition coefficient (Wildman–Crippen LogP) is 2.60. The van der Waals surface area contributed by atoms with Gasteiger partial charge in [-0.25, -0.2) is 26.3 Å². The van der Waals surface area contributed by atoms with Crippen molar-refractivity contribution in [1.29, 1.82) is 0 Å². The van der Waals surface area contributed by atoms with Crippen LogP contribution in [0, 0.1) is 17.5 Å². The van der Waals surface area contributed by atoms with Crippen molar-refractivity contribution >= 4 is 10.0 Å². The molecule has 0 saturated carbocycles. The van der Waals surface area contributed by atoms with E-state index in [4.69, 9.17) is 9.47 Å². The number of hydrogen-bond donors (Lipinski definition) is 1. The van der Waals surface area contributed by atoms with E-state index >= 15 is 0 Å². The van der Waals surface area contributed by atoms with Gasteiger partial charge in [-0.2, -0.15) is 0 Å². The summed E-state index contributed by atoms with van der Waals surface area (Å²) in [5.41, 5.74) is -0.0598. The first kappa shape index (κ1) is 18.1. The van der Waals surface area contributed by atoms with E-state index in [1.54, 1.807) is 0 Å². The maximum Gasteiger partial charge on any atom is 0.241 e. The summed E-state index contributed by atoms with van der Waals surface area (Å²) in [6.07, 6.45) is 0. The fourth-order valence-electron chi connectivity index (χ4n) is 1.96. The van der Waals surface area contributed by atoms with Gasteiger partial charge in [0.05, 0.1) is 19.1 Å². The van der Waals surface area contributed by atoms with Gasteiger partial charge in [0.1, 0.15) is 0 Å². The maximum absolute atomic E-state index is 13.1. The summed E-state index contributed by atoms with van der Waals surface area (Å²) >= 11 is 0. The standard InChI is InChI=1S/C15H14F3NO4S/c1-22-13-4-3-10(7-14(13)23-2)24(20,21)19-8-9-5-11(16)15(18)12(17)6-9/h3-7,19H,8H2,1-2H3. The van der Waals surface area contributed by atoms with Gasteiger partial charge in [-0.3, -0.25) is 0 Å². The van der Waals surface area contributed by atoms with E-state index in [1.807, 2.05) is 0 Å². The van der Waals surface area contributed by atoms with Crippen molar-refractivity contribution in [2.45, 2.75) is 11.4 Å². The normalized spacial score (nSPS) is 11.4. The van der Waals surface area contributed by atoms with Crippen molar-refractivity contribution in [2.24, 2.45) is 0 Å². The van der Waals surface area contributed by atoms with Crippen LogP contribution in [0.15, 0.2) is 35.2 Å². The van der Waals surface area contributed by atoms with E-state index in [9.17, 15) is 21.6 Å². The molecule has 0 unspecified atom stereocenters. The lowest BCUT2D eigenvalue weighted by Gasteiger charge is -2.11. The van der Waals surface area contributed by atoms with Crippen LogP contribution in [-0.2, 0) is 16.6 Å². The van der Waals surface area contributed by atoms with Gasteiger partial charge >= 0.3 is 0 Å². The Morgan fingerprint density at radius 3 is 2.08 bits per heavy atom.